The fraction of sp³-hybridized carbons (Fsp3) is 0. The third-order valence-electron chi connectivity index (χ3n) is 2.50. The van der Waals surface area contributed by atoms with Gasteiger partial charge in [0.2, 0.25) is 0 Å². The average molecular weight is 1080 g/mol. The Morgan fingerprint density at radius 2 is 0.407 bits per heavy atom. The van der Waals surface area contributed by atoms with Gasteiger partial charge in [-0.15, -0.1) is 0 Å². The Morgan fingerprint density at radius 3 is 0.481 bits per heavy atom. The van der Waals surface area contributed by atoms with Crippen LogP contribution in [-0.2, 0) is 32.2 Å². The van der Waals surface area contributed by atoms with Crippen LogP contribution in [0.4, 0.5) is 0 Å². The number of hydrogen-bond acceptors (Lipinski definition) is 18. The van der Waals surface area contributed by atoms with E-state index in [1.165, 1.54) is 0 Å². The Labute approximate surface area is 202 Å². The summed E-state index contributed by atoms with van der Waals surface area (Å²) in [4.78, 5) is 0. The average Bonchev–Trinajstić information content (AvgIpc) is 2.39. The van der Waals surface area contributed by atoms with E-state index >= 15 is 0 Å². The van der Waals surface area contributed by atoms with Crippen LogP contribution in [0.3, 0.4) is 0 Å². The maximum absolute atomic E-state index is 4.83. The van der Waals surface area contributed by atoms with Crippen LogP contribution in [0.15, 0.2) is 0 Å². The van der Waals surface area contributed by atoms with E-state index in [9.17, 15) is 0 Å². The van der Waals surface area contributed by atoms with E-state index in [0.29, 0.717) is 0 Å². The van der Waals surface area contributed by atoms with Crippen LogP contribution in [0, 0.1) is 0 Å². The molecule has 0 unspecified atom stereocenters. The van der Waals surface area contributed by atoms with E-state index < -0.39 is 68.9 Å². The van der Waals surface area contributed by atoms with Gasteiger partial charge in [0.1, 0.15) is 0 Å². The number of thiocarbonyl (C=S) groups is 6. The van der Waals surface area contributed by atoms with Crippen molar-refractivity contribution < 1.29 is 32.2 Å². The van der Waals surface area contributed by atoms with Crippen LogP contribution < -0.4 is 0 Å². The van der Waals surface area contributed by atoms with Gasteiger partial charge in [0.05, 0.1) is 0 Å². The summed E-state index contributed by atoms with van der Waals surface area (Å²) < 4.78 is 58.0. The first-order valence-electron chi connectivity index (χ1n) is 6.12. The summed E-state index contributed by atoms with van der Waals surface area (Å²) in [6.45, 7) is 0. The van der Waals surface area contributed by atoms with Crippen LogP contribution in [0.5, 0.6) is 0 Å². The van der Waals surface area contributed by atoms with E-state index in [1.807, 2.05) is 0 Å². The zero-order valence-electron chi connectivity index (χ0n) is 11.8. The van der Waals surface area contributed by atoms with Gasteiger partial charge in [-0.05, 0) is 0 Å². The van der Waals surface area contributed by atoms with E-state index in [0.717, 1.165) is 0 Å². The maximum atomic E-state index is 4.83. The van der Waals surface area contributed by atoms with Crippen molar-refractivity contribution in [2.45, 2.75) is 0 Å². The van der Waals surface area contributed by atoms with Crippen molar-refractivity contribution in [1.82, 2.24) is 0 Å². The molecule has 0 radical (unpaired) electrons. The molecule has 6 saturated heterocycles. The molecule has 144 valence electrons. The van der Waals surface area contributed by atoms with Crippen LogP contribution in [-0.4, -0.2) is 100 Å². The van der Waals surface area contributed by atoms with Gasteiger partial charge in [-0.25, -0.2) is 0 Å². The van der Waals surface area contributed by atoms with Crippen molar-refractivity contribution in [3.63, 3.8) is 0 Å². The van der Waals surface area contributed by atoms with E-state index in [2.05, 4.69) is 73.3 Å². The SMILES string of the molecule is S=C1[O][Pb]2([O]1)[O]C(=S)[O]2.S=C1[O][Pb]2([O]1)[O]C(=S)[O]2.S=C1[O][Pb]2([O]1)[O]C(=S)[O]2. The minimum absolute atomic E-state index is 0.110. The predicted octanol–water partition coefficient (Wildman–Crippen LogP) is 0.256. The molecule has 6 heterocycles. The molecule has 0 saturated carbocycles. The van der Waals surface area contributed by atoms with Crippen molar-refractivity contribution in [2.24, 2.45) is 0 Å². The van der Waals surface area contributed by atoms with Crippen molar-refractivity contribution in [3.8, 4) is 0 Å². The van der Waals surface area contributed by atoms with Crippen LogP contribution in [0.25, 0.3) is 0 Å². The van der Waals surface area contributed by atoms with Crippen molar-refractivity contribution >= 4 is 174 Å². The molecule has 0 amide bonds. The first kappa shape index (κ1) is 21.2. The monoisotopic (exact) mass is 1080 g/mol. The minimum atomic E-state index is -3.48. The van der Waals surface area contributed by atoms with Crippen molar-refractivity contribution in [1.29, 1.82) is 0 Å². The summed E-state index contributed by atoms with van der Waals surface area (Å²) in [7, 11) is 0. The Kier molecular flexibility index (Phi) is 5.91. The van der Waals surface area contributed by atoms with E-state index in [-0.39, 0.29) is 31.4 Å². The van der Waals surface area contributed by atoms with Crippen LogP contribution in [0.1, 0.15) is 0 Å². The van der Waals surface area contributed by atoms with E-state index in [4.69, 9.17) is 32.2 Å². The second-order valence-corrected chi connectivity index (χ2v) is 27.4. The second-order valence-electron chi connectivity index (χ2n) is 4.22. The zero-order chi connectivity index (χ0) is 19.4. The second kappa shape index (κ2) is 7.55. The summed E-state index contributed by atoms with van der Waals surface area (Å²) in [6.07, 6.45) is 0. The van der Waals surface area contributed by atoms with Crippen molar-refractivity contribution in [2.75, 3.05) is 0 Å². The molecule has 0 aromatic rings. The molecule has 0 aromatic heterocycles. The third kappa shape index (κ3) is 4.50. The van der Waals surface area contributed by atoms with Gasteiger partial charge in [0.15, 0.2) is 0 Å². The molecule has 27 heavy (non-hydrogen) atoms. The van der Waals surface area contributed by atoms with Crippen LogP contribution in [0.2, 0.25) is 0 Å². The summed E-state index contributed by atoms with van der Waals surface area (Å²) in [5.74, 6) is 0. The Bertz CT molecular complexity index is 588. The first-order valence-corrected chi connectivity index (χ1v) is 27.6. The van der Waals surface area contributed by atoms with Gasteiger partial charge in [-0.2, -0.15) is 0 Å². The van der Waals surface area contributed by atoms with Gasteiger partial charge >= 0.3 is 206 Å². The molecule has 6 aliphatic rings. The van der Waals surface area contributed by atoms with Crippen LogP contribution >= 0.6 is 73.3 Å². The molecule has 3 spiro atoms. The summed E-state index contributed by atoms with van der Waals surface area (Å²) in [5.41, 5.74) is 0. The van der Waals surface area contributed by atoms with Crippen molar-refractivity contribution in [3.05, 3.63) is 0 Å². The molecule has 12 nitrogen and oxygen atoms in total. The Morgan fingerprint density at radius 1 is 0.296 bits per heavy atom. The molecule has 0 aromatic carbocycles. The zero-order valence-corrected chi connectivity index (χ0v) is 28.4. The summed E-state index contributed by atoms with van der Waals surface area (Å²) in [6, 6.07) is 0. The summed E-state index contributed by atoms with van der Waals surface area (Å²) in [5, 5.41) is 0.662. The molecule has 0 aliphatic carbocycles. The molecule has 6 fully saturated rings. The molecule has 6 rings (SSSR count). The van der Waals surface area contributed by atoms with Gasteiger partial charge in [0, 0.05) is 0 Å². The molecular formula is C6O12Pb3S6. The van der Waals surface area contributed by atoms with Gasteiger partial charge in [-0.1, -0.05) is 0 Å². The number of rotatable bonds is 0. The Hall–Kier alpha value is 0.906. The summed E-state index contributed by atoms with van der Waals surface area (Å²) >= 11 is 16.4. The molecular weight excluding hydrogens is 1080 g/mol. The molecule has 0 N–H and O–H groups in total. The van der Waals surface area contributed by atoms with Gasteiger partial charge in [-0.3, -0.25) is 0 Å². The van der Waals surface area contributed by atoms with Gasteiger partial charge < -0.3 is 0 Å². The van der Waals surface area contributed by atoms with E-state index in [1.54, 1.807) is 0 Å². The fourth-order valence-corrected chi connectivity index (χ4v) is 24.1. The Balaban J connectivity index is 0.0000001000. The topological polar surface area (TPSA) is 111 Å². The molecule has 0 atom stereocenters. The number of hydrogen-bond donors (Lipinski definition) is 0. The van der Waals surface area contributed by atoms with Gasteiger partial charge in [0.25, 0.3) is 0 Å². The third-order valence-corrected chi connectivity index (χ3v) is 30.7. The molecule has 21 heteroatoms. The quantitative estimate of drug-likeness (QED) is 0.244. The first-order chi connectivity index (χ1) is 12.6. The standard InChI is InChI=1S/6CH2O2S.3Pb/c6*2-1(3)4;;;/h6*(H2,2,3,4);;;/q;;;;;;3*+4/p-12. The normalized spacial score (nSPS) is 26.2. The molecule has 6 aliphatic heterocycles. The molecule has 0 bridgehead atoms. The predicted molar refractivity (Wildman–Crippen MR) is 106 cm³/mol. The fourth-order valence-electron chi connectivity index (χ4n) is 1.52.